The first-order chi connectivity index (χ1) is 8.31. The molecule has 0 fully saturated rings. The van der Waals surface area contributed by atoms with Crippen molar-refractivity contribution in [2.45, 2.75) is 0 Å². The molecule has 0 aliphatic heterocycles. The van der Waals surface area contributed by atoms with Gasteiger partial charge in [-0.15, -0.1) is 0 Å². The number of nitrogens with two attached hydrogens (primary N) is 1. The average Bonchev–Trinajstić information content (AvgIpc) is 2.40. The second-order valence-corrected chi connectivity index (χ2v) is 3.55. The van der Waals surface area contributed by atoms with Crippen molar-refractivity contribution >= 4 is 11.4 Å². The maximum atomic E-state index is 5.68. The second kappa shape index (κ2) is 5.23. The lowest BCUT2D eigenvalue weighted by Crippen LogP contribution is -2.05. The Bertz CT molecular complexity index is 420. The fraction of sp³-hybridized carbons (Fsp3) is 0.0769. The van der Waals surface area contributed by atoms with Crippen molar-refractivity contribution in [2.24, 2.45) is 5.84 Å². The van der Waals surface area contributed by atoms with E-state index in [0.717, 1.165) is 22.9 Å². The molecule has 0 aliphatic rings. The summed E-state index contributed by atoms with van der Waals surface area (Å²) in [5.74, 6) is 6.87. The summed E-state index contributed by atoms with van der Waals surface area (Å²) in [7, 11) is 1.88. The SMILES string of the molecule is CNc1ccc(Oc2ccc(NN)cc2)cc1. The van der Waals surface area contributed by atoms with Gasteiger partial charge in [0.05, 0.1) is 0 Å². The number of hydrogen-bond acceptors (Lipinski definition) is 4. The highest BCUT2D eigenvalue weighted by atomic mass is 16.5. The molecule has 4 N–H and O–H groups in total. The van der Waals surface area contributed by atoms with Crippen LogP contribution in [0.4, 0.5) is 11.4 Å². The summed E-state index contributed by atoms with van der Waals surface area (Å²) < 4.78 is 5.68. The molecule has 0 radical (unpaired) electrons. The van der Waals surface area contributed by atoms with Crippen LogP contribution in [0.15, 0.2) is 48.5 Å². The van der Waals surface area contributed by atoms with Crippen molar-refractivity contribution in [3.8, 4) is 11.5 Å². The van der Waals surface area contributed by atoms with E-state index in [1.807, 2.05) is 55.6 Å². The third-order valence-electron chi connectivity index (χ3n) is 2.40. The Morgan fingerprint density at radius 3 is 1.71 bits per heavy atom. The third-order valence-corrected chi connectivity index (χ3v) is 2.40. The summed E-state index contributed by atoms with van der Waals surface area (Å²) in [6, 6.07) is 15.2. The molecule has 0 saturated carbocycles. The van der Waals surface area contributed by atoms with Crippen LogP contribution in [0.3, 0.4) is 0 Å². The Morgan fingerprint density at radius 2 is 1.29 bits per heavy atom. The minimum Gasteiger partial charge on any atom is -0.457 e. The minimum atomic E-state index is 0.779. The quantitative estimate of drug-likeness (QED) is 0.557. The standard InChI is InChI=1S/C13H15N3O/c1-15-10-2-6-12(7-3-10)17-13-8-4-11(16-14)5-9-13/h2-9,15-16H,14H2,1H3. The summed E-state index contributed by atoms with van der Waals surface area (Å²) in [6.07, 6.45) is 0. The van der Waals surface area contributed by atoms with Gasteiger partial charge in [-0.1, -0.05) is 0 Å². The molecule has 0 atom stereocenters. The van der Waals surface area contributed by atoms with Gasteiger partial charge in [-0.3, -0.25) is 5.84 Å². The molecule has 0 unspecified atom stereocenters. The van der Waals surface area contributed by atoms with Crippen molar-refractivity contribution in [2.75, 3.05) is 17.8 Å². The van der Waals surface area contributed by atoms with E-state index in [9.17, 15) is 0 Å². The maximum Gasteiger partial charge on any atom is 0.127 e. The topological polar surface area (TPSA) is 59.3 Å². The number of rotatable bonds is 4. The molecule has 0 aromatic heterocycles. The molecule has 0 aliphatic carbocycles. The van der Waals surface area contributed by atoms with Crippen molar-refractivity contribution in [3.05, 3.63) is 48.5 Å². The number of benzene rings is 2. The van der Waals surface area contributed by atoms with E-state index in [1.54, 1.807) is 0 Å². The van der Waals surface area contributed by atoms with Crippen LogP contribution < -0.4 is 21.3 Å². The monoisotopic (exact) mass is 229 g/mol. The molecule has 17 heavy (non-hydrogen) atoms. The number of ether oxygens (including phenoxy) is 1. The van der Waals surface area contributed by atoms with Crippen LogP contribution >= 0.6 is 0 Å². The number of hydrogen-bond donors (Lipinski definition) is 3. The van der Waals surface area contributed by atoms with E-state index in [4.69, 9.17) is 10.6 Å². The Morgan fingerprint density at radius 1 is 0.824 bits per heavy atom. The summed E-state index contributed by atoms with van der Waals surface area (Å²) >= 11 is 0. The van der Waals surface area contributed by atoms with Gasteiger partial charge in [0.2, 0.25) is 0 Å². The lowest BCUT2D eigenvalue weighted by Gasteiger charge is -2.07. The van der Waals surface area contributed by atoms with Gasteiger partial charge in [0.15, 0.2) is 0 Å². The van der Waals surface area contributed by atoms with Gasteiger partial charge in [0, 0.05) is 18.4 Å². The highest BCUT2D eigenvalue weighted by molar-refractivity contribution is 5.48. The highest BCUT2D eigenvalue weighted by Gasteiger charge is 1.97. The smallest absolute Gasteiger partial charge is 0.127 e. The molecular weight excluding hydrogens is 214 g/mol. The summed E-state index contributed by atoms with van der Waals surface area (Å²) in [5.41, 5.74) is 4.47. The zero-order chi connectivity index (χ0) is 12.1. The second-order valence-electron chi connectivity index (χ2n) is 3.55. The van der Waals surface area contributed by atoms with E-state index < -0.39 is 0 Å². The van der Waals surface area contributed by atoms with E-state index in [-0.39, 0.29) is 0 Å². The van der Waals surface area contributed by atoms with Gasteiger partial charge in [0.25, 0.3) is 0 Å². The zero-order valence-corrected chi connectivity index (χ0v) is 9.60. The predicted molar refractivity (Wildman–Crippen MR) is 70.3 cm³/mol. The van der Waals surface area contributed by atoms with E-state index in [2.05, 4.69) is 10.7 Å². The molecule has 2 aromatic rings. The summed E-state index contributed by atoms with van der Waals surface area (Å²) in [6.45, 7) is 0. The molecule has 0 amide bonds. The zero-order valence-electron chi connectivity index (χ0n) is 9.60. The van der Waals surface area contributed by atoms with Gasteiger partial charge in [-0.25, -0.2) is 0 Å². The molecule has 0 heterocycles. The molecular formula is C13H15N3O. The van der Waals surface area contributed by atoms with Gasteiger partial charge < -0.3 is 15.5 Å². The van der Waals surface area contributed by atoms with Gasteiger partial charge in [-0.05, 0) is 48.5 Å². The van der Waals surface area contributed by atoms with Crippen LogP contribution in [-0.2, 0) is 0 Å². The number of nitrogen functional groups attached to an aromatic ring is 1. The fourth-order valence-electron chi connectivity index (χ4n) is 1.44. The van der Waals surface area contributed by atoms with Gasteiger partial charge in [0.1, 0.15) is 11.5 Å². The fourth-order valence-corrected chi connectivity index (χ4v) is 1.44. The minimum absolute atomic E-state index is 0.779. The summed E-state index contributed by atoms with van der Waals surface area (Å²) in [5, 5.41) is 3.06. The largest absolute Gasteiger partial charge is 0.457 e. The van der Waals surface area contributed by atoms with Crippen LogP contribution in [-0.4, -0.2) is 7.05 Å². The Hall–Kier alpha value is -2.20. The van der Waals surface area contributed by atoms with Gasteiger partial charge >= 0.3 is 0 Å². The Kier molecular flexibility index (Phi) is 3.47. The first-order valence-electron chi connectivity index (χ1n) is 5.34. The number of hydrazine groups is 1. The lowest BCUT2D eigenvalue weighted by atomic mass is 10.3. The molecule has 0 spiro atoms. The Balaban J connectivity index is 2.08. The molecule has 4 nitrogen and oxygen atoms in total. The average molecular weight is 229 g/mol. The van der Waals surface area contributed by atoms with Gasteiger partial charge in [-0.2, -0.15) is 0 Å². The van der Waals surface area contributed by atoms with Crippen molar-refractivity contribution < 1.29 is 4.74 Å². The molecule has 2 aromatic carbocycles. The molecule has 88 valence electrons. The first-order valence-corrected chi connectivity index (χ1v) is 5.34. The highest BCUT2D eigenvalue weighted by Crippen LogP contribution is 2.23. The maximum absolute atomic E-state index is 5.68. The summed E-state index contributed by atoms with van der Waals surface area (Å²) in [4.78, 5) is 0. The van der Waals surface area contributed by atoms with Crippen LogP contribution in [0, 0.1) is 0 Å². The van der Waals surface area contributed by atoms with Crippen LogP contribution in [0.1, 0.15) is 0 Å². The predicted octanol–water partition coefficient (Wildman–Crippen LogP) is 2.81. The van der Waals surface area contributed by atoms with Crippen molar-refractivity contribution in [1.29, 1.82) is 0 Å². The number of anilines is 2. The molecule has 0 saturated heterocycles. The first kappa shape index (κ1) is 11.3. The van der Waals surface area contributed by atoms with Crippen molar-refractivity contribution in [1.82, 2.24) is 0 Å². The Labute approximate surface area is 100 Å². The normalized spacial score (nSPS) is 9.76. The van der Waals surface area contributed by atoms with E-state index >= 15 is 0 Å². The van der Waals surface area contributed by atoms with Crippen molar-refractivity contribution in [3.63, 3.8) is 0 Å². The van der Waals surface area contributed by atoms with Crippen LogP contribution in [0.2, 0.25) is 0 Å². The molecule has 0 bridgehead atoms. The number of nitrogens with one attached hydrogen (secondary N) is 2. The van der Waals surface area contributed by atoms with E-state index in [1.165, 1.54) is 0 Å². The third kappa shape index (κ3) is 2.89. The van der Waals surface area contributed by atoms with Crippen LogP contribution in [0.25, 0.3) is 0 Å². The molecule has 4 heteroatoms. The van der Waals surface area contributed by atoms with Crippen LogP contribution in [0.5, 0.6) is 11.5 Å². The van der Waals surface area contributed by atoms with E-state index in [0.29, 0.717) is 0 Å². The lowest BCUT2D eigenvalue weighted by molar-refractivity contribution is 0.483. The molecule has 2 rings (SSSR count).